The lowest BCUT2D eigenvalue weighted by molar-refractivity contribution is -0.384. The van der Waals surface area contributed by atoms with Crippen molar-refractivity contribution in [2.24, 2.45) is 0 Å². The van der Waals surface area contributed by atoms with Crippen LogP contribution < -0.4 is 0 Å². The summed E-state index contributed by atoms with van der Waals surface area (Å²) in [5.41, 5.74) is 1.44. The summed E-state index contributed by atoms with van der Waals surface area (Å²) in [6, 6.07) is 4.86. The summed E-state index contributed by atoms with van der Waals surface area (Å²) in [5, 5.41) is 12.4. The maximum absolute atomic E-state index is 11.7. The van der Waals surface area contributed by atoms with E-state index >= 15 is 0 Å². The van der Waals surface area contributed by atoms with E-state index in [9.17, 15) is 14.9 Å². The van der Waals surface area contributed by atoms with Crippen LogP contribution in [-0.4, -0.2) is 34.8 Å². The summed E-state index contributed by atoms with van der Waals surface area (Å²) in [5.74, 6) is 0. The number of hydrogen-bond acceptors (Lipinski definition) is 6. The molecule has 2 rings (SSSR count). The van der Waals surface area contributed by atoms with E-state index in [0.717, 1.165) is 11.1 Å². The summed E-state index contributed by atoms with van der Waals surface area (Å²) < 4.78 is 5.12. The van der Waals surface area contributed by atoms with Gasteiger partial charge in [-0.2, -0.15) is 0 Å². The van der Waals surface area contributed by atoms with E-state index in [1.807, 2.05) is 0 Å². The number of nitrogens with zero attached hydrogens (tertiary/aromatic N) is 2. The smallest absolute Gasteiger partial charge is 0.427 e. The molecule has 0 saturated carbocycles. The predicted octanol–water partition coefficient (Wildman–Crippen LogP) is 2.86. The molecule has 0 unspecified atom stereocenters. The van der Waals surface area contributed by atoms with E-state index in [1.54, 1.807) is 38.0 Å². The van der Waals surface area contributed by atoms with Gasteiger partial charge in [0.1, 0.15) is 5.60 Å². The van der Waals surface area contributed by atoms with Gasteiger partial charge in [0, 0.05) is 25.2 Å². The predicted molar refractivity (Wildman–Crippen MR) is 79.4 cm³/mol. The number of benzene rings is 1. The molecule has 1 aromatic rings. The van der Waals surface area contributed by atoms with Crippen LogP contribution in [0.1, 0.15) is 31.9 Å². The number of nitro benzene ring substituents is 1. The standard InChI is InChI=1S/C15H20N2O5/c1-15(2,3)21-14(18)22-16-8-6-11-4-5-13(17(19)20)10-12(11)7-9-16/h4-5,10H,6-9H2,1-3H3. The van der Waals surface area contributed by atoms with Crippen molar-refractivity contribution in [2.45, 2.75) is 39.2 Å². The minimum atomic E-state index is -0.732. The largest absolute Gasteiger partial charge is 0.528 e. The molecule has 120 valence electrons. The minimum absolute atomic E-state index is 0.0836. The number of fused-ring (bicyclic) bond motifs is 1. The van der Waals surface area contributed by atoms with Crippen LogP contribution in [0.15, 0.2) is 18.2 Å². The van der Waals surface area contributed by atoms with Gasteiger partial charge in [0.2, 0.25) is 0 Å². The molecule has 0 aliphatic carbocycles. The van der Waals surface area contributed by atoms with Gasteiger partial charge in [-0.05, 0) is 44.7 Å². The number of carbonyl (C=O) groups is 1. The summed E-state index contributed by atoms with van der Waals surface area (Å²) in [4.78, 5) is 27.3. The van der Waals surface area contributed by atoms with Crippen LogP contribution in [0.25, 0.3) is 0 Å². The number of nitro groups is 1. The molecule has 0 fully saturated rings. The van der Waals surface area contributed by atoms with Crippen molar-refractivity contribution in [3.8, 4) is 0 Å². The van der Waals surface area contributed by atoms with E-state index in [4.69, 9.17) is 9.57 Å². The second kappa shape index (κ2) is 6.31. The van der Waals surface area contributed by atoms with Crippen molar-refractivity contribution in [1.82, 2.24) is 5.06 Å². The van der Waals surface area contributed by atoms with Crippen LogP contribution in [0.4, 0.5) is 10.5 Å². The third kappa shape index (κ3) is 4.42. The van der Waals surface area contributed by atoms with Crippen molar-refractivity contribution in [3.05, 3.63) is 39.4 Å². The molecule has 0 saturated heterocycles. The third-order valence-corrected chi connectivity index (χ3v) is 3.25. The normalized spacial score (nSPS) is 15.6. The zero-order valence-electron chi connectivity index (χ0n) is 13.0. The Labute approximate surface area is 128 Å². The molecule has 1 aliphatic heterocycles. The number of hydrogen-bond donors (Lipinski definition) is 0. The molecule has 0 atom stereocenters. The first kappa shape index (κ1) is 16.2. The highest BCUT2D eigenvalue weighted by Gasteiger charge is 2.23. The van der Waals surface area contributed by atoms with E-state index in [2.05, 4.69) is 0 Å². The van der Waals surface area contributed by atoms with Gasteiger partial charge in [-0.25, -0.2) is 4.79 Å². The van der Waals surface area contributed by atoms with Crippen molar-refractivity contribution in [1.29, 1.82) is 0 Å². The van der Waals surface area contributed by atoms with Crippen LogP contribution in [0, 0.1) is 10.1 Å². The lowest BCUT2D eigenvalue weighted by atomic mass is 10.0. The van der Waals surface area contributed by atoms with Gasteiger partial charge in [0.05, 0.1) is 4.92 Å². The Bertz CT molecular complexity index is 580. The van der Waals surface area contributed by atoms with E-state index in [0.29, 0.717) is 25.9 Å². The zero-order chi connectivity index (χ0) is 16.3. The average molecular weight is 308 g/mol. The van der Waals surface area contributed by atoms with Crippen LogP contribution in [-0.2, 0) is 22.4 Å². The summed E-state index contributed by atoms with van der Waals surface area (Å²) in [6.45, 7) is 6.32. The SMILES string of the molecule is CC(C)(C)OC(=O)ON1CCc2ccc([N+](=O)[O-])cc2CC1. The fourth-order valence-corrected chi connectivity index (χ4v) is 2.27. The Hall–Kier alpha value is -2.15. The molecule has 0 aromatic heterocycles. The molecule has 0 N–H and O–H groups in total. The van der Waals surface area contributed by atoms with E-state index in [-0.39, 0.29) is 5.69 Å². The summed E-state index contributed by atoms with van der Waals surface area (Å²) in [6.07, 6.45) is 0.514. The molecule has 0 amide bonds. The van der Waals surface area contributed by atoms with Crippen LogP contribution in [0.2, 0.25) is 0 Å². The van der Waals surface area contributed by atoms with Gasteiger partial charge in [-0.1, -0.05) is 6.07 Å². The minimum Gasteiger partial charge on any atom is -0.427 e. The molecule has 7 nitrogen and oxygen atoms in total. The first-order chi connectivity index (χ1) is 10.2. The summed E-state index contributed by atoms with van der Waals surface area (Å²) >= 11 is 0. The lowest BCUT2D eigenvalue weighted by Gasteiger charge is -2.23. The van der Waals surface area contributed by atoms with Gasteiger partial charge in [0.25, 0.3) is 5.69 Å². The molecule has 1 heterocycles. The van der Waals surface area contributed by atoms with Crippen LogP contribution >= 0.6 is 0 Å². The first-order valence-electron chi connectivity index (χ1n) is 7.17. The molecular formula is C15H20N2O5. The maximum atomic E-state index is 11.7. The fourth-order valence-electron chi connectivity index (χ4n) is 2.27. The van der Waals surface area contributed by atoms with Crippen molar-refractivity contribution in [2.75, 3.05) is 13.1 Å². The fraction of sp³-hybridized carbons (Fsp3) is 0.533. The molecular weight excluding hydrogens is 288 g/mol. The number of ether oxygens (including phenoxy) is 1. The highest BCUT2D eigenvalue weighted by molar-refractivity contribution is 5.60. The lowest BCUT2D eigenvalue weighted by Crippen LogP contribution is -2.33. The second-order valence-corrected chi connectivity index (χ2v) is 6.19. The molecule has 0 bridgehead atoms. The molecule has 1 aromatic carbocycles. The highest BCUT2D eigenvalue weighted by atomic mass is 16.8. The Kier molecular flexibility index (Phi) is 4.65. The average Bonchev–Trinajstić information content (AvgIpc) is 2.58. The van der Waals surface area contributed by atoms with Gasteiger partial charge in [-0.3, -0.25) is 10.1 Å². The number of hydroxylamine groups is 2. The Morgan fingerprint density at radius 3 is 2.45 bits per heavy atom. The maximum Gasteiger partial charge on any atom is 0.528 e. The first-order valence-corrected chi connectivity index (χ1v) is 7.17. The van der Waals surface area contributed by atoms with E-state index < -0.39 is 16.7 Å². The van der Waals surface area contributed by atoms with Gasteiger partial charge < -0.3 is 9.57 Å². The van der Waals surface area contributed by atoms with Crippen LogP contribution in [0.5, 0.6) is 0 Å². The molecule has 0 radical (unpaired) electrons. The van der Waals surface area contributed by atoms with Gasteiger partial charge >= 0.3 is 6.16 Å². The number of non-ortho nitro benzene ring substituents is 1. The van der Waals surface area contributed by atoms with Crippen molar-refractivity contribution < 1.29 is 19.3 Å². The van der Waals surface area contributed by atoms with E-state index in [1.165, 1.54) is 6.07 Å². The Morgan fingerprint density at radius 1 is 1.23 bits per heavy atom. The Balaban J connectivity index is 1.99. The monoisotopic (exact) mass is 308 g/mol. The highest BCUT2D eigenvalue weighted by Crippen LogP contribution is 2.22. The Morgan fingerprint density at radius 2 is 1.86 bits per heavy atom. The molecule has 7 heteroatoms. The van der Waals surface area contributed by atoms with Gasteiger partial charge in [-0.15, -0.1) is 5.06 Å². The quantitative estimate of drug-likeness (QED) is 0.474. The molecule has 22 heavy (non-hydrogen) atoms. The number of rotatable bonds is 2. The second-order valence-electron chi connectivity index (χ2n) is 6.19. The third-order valence-electron chi connectivity index (χ3n) is 3.25. The van der Waals surface area contributed by atoms with Crippen molar-refractivity contribution in [3.63, 3.8) is 0 Å². The zero-order valence-corrected chi connectivity index (χ0v) is 13.0. The van der Waals surface area contributed by atoms with Crippen LogP contribution in [0.3, 0.4) is 0 Å². The topological polar surface area (TPSA) is 81.9 Å². The van der Waals surface area contributed by atoms with Crippen molar-refractivity contribution >= 4 is 11.8 Å². The number of carbonyl (C=O) groups excluding carboxylic acids is 1. The molecule has 1 aliphatic rings. The summed E-state index contributed by atoms with van der Waals surface area (Å²) in [7, 11) is 0. The molecule has 0 spiro atoms. The van der Waals surface area contributed by atoms with Gasteiger partial charge in [0.15, 0.2) is 0 Å².